The highest BCUT2D eigenvalue weighted by molar-refractivity contribution is 5.80. The molecule has 1 aliphatic rings. The number of nitrogens with one attached hydrogen (secondary N) is 2. The summed E-state index contributed by atoms with van der Waals surface area (Å²) >= 11 is 0. The summed E-state index contributed by atoms with van der Waals surface area (Å²) in [5, 5.41) is 10.5. The van der Waals surface area contributed by atoms with Crippen LogP contribution in [0.15, 0.2) is 21.8 Å². The third-order valence-corrected chi connectivity index (χ3v) is 3.60. The van der Waals surface area contributed by atoms with Gasteiger partial charge >= 0.3 is 6.09 Å². The lowest BCUT2D eigenvalue weighted by Crippen LogP contribution is -2.49. The van der Waals surface area contributed by atoms with Gasteiger partial charge in [-0.1, -0.05) is 5.16 Å². The van der Waals surface area contributed by atoms with Crippen molar-refractivity contribution < 1.29 is 14.1 Å². The second-order valence-corrected chi connectivity index (χ2v) is 5.29. The summed E-state index contributed by atoms with van der Waals surface area (Å²) in [5.41, 5.74) is 0.791. The summed E-state index contributed by atoms with van der Waals surface area (Å²) in [6, 6.07) is 2.08. The Kier molecular flexibility index (Phi) is 6.71. The number of hydrogen-bond acceptors (Lipinski definition) is 5. The first-order valence-corrected chi connectivity index (χ1v) is 8.08. The quantitative estimate of drug-likeness (QED) is 0.628. The summed E-state index contributed by atoms with van der Waals surface area (Å²) in [7, 11) is 0. The molecule has 0 atom stereocenters. The van der Waals surface area contributed by atoms with Crippen LogP contribution < -0.4 is 10.6 Å². The maximum absolute atomic E-state index is 11.7. The molecule has 1 fully saturated rings. The molecule has 1 amide bonds. The number of likely N-dealkylation sites (tertiary alicyclic amines) is 1. The lowest BCUT2D eigenvalue weighted by atomic mass is 10.1. The number of carbonyl (C=O) groups excluding carboxylic acids is 1. The molecule has 0 radical (unpaired) electrons. The van der Waals surface area contributed by atoms with Gasteiger partial charge in [-0.15, -0.1) is 0 Å². The number of ether oxygens (including phenoxy) is 1. The smallest absolute Gasteiger partial charge is 0.409 e. The number of aromatic nitrogens is 1. The summed E-state index contributed by atoms with van der Waals surface area (Å²) in [5.74, 6) is 0.755. The average Bonchev–Trinajstić information content (AvgIpc) is 3.07. The Morgan fingerprint density at radius 3 is 2.87 bits per heavy atom. The van der Waals surface area contributed by atoms with E-state index in [1.165, 1.54) is 6.26 Å². The predicted octanol–water partition coefficient (Wildman–Crippen LogP) is 1.35. The Morgan fingerprint density at radius 2 is 2.26 bits per heavy atom. The molecule has 23 heavy (non-hydrogen) atoms. The molecule has 2 heterocycles. The standard InChI is InChI=1S/C15H25N5O3/c1-3-16-14(17-11-13-7-10-23-19-13)18-12-5-8-20(9-6-12)15(21)22-4-2/h7,10,12H,3-6,8-9,11H2,1-2H3,(H2,16,17,18). The maximum Gasteiger partial charge on any atom is 0.409 e. The minimum Gasteiger partial charge on any atom is -0.450 e. The SMILES string of the molecule is CCNC(=NCc1ccon1)NC1CCN(C(=O)OCC)CC1. The van der Waals surface area contributed by atoms with E-state index in [1.54, 1.807) is 11.0 Å². The zero-order valence-corrected chi connectivity index (χ0v) is 13.7. The Hall–Kier alpha value is -2.25. The van der Waals surface area contributed by atoms with Gasteiger partial charge in [-0.2, -0.15) is 0 Å². The predicted molar refractivity (Wildman–Crippen MR) is 86.1 cm³/mol. The summed E-state index contributed by atoms with van der Waals surface area (Å²) < 4.78 is 9.83. The van der Waals surface area contributed by atoms with E-state index in [0.29, 0.717) is 26.2 Å². The van der Waals surface area contributed by atoms with Gasteiger partial charge in [0.15, 0.2) is 5.96 Å². The van der Waals surface area contributed by atoms with Crippen LogP contribution in [0.2, 0.25) is 0 Å². The number of piperidine rings is 1. The highest BCUT2D eigenvalue weighted by Gasteiger charge is 2.23. The van der Waals surface area contributed by atoms with E-state index in [-0.39, 0.29) is 12.1 Å². The van der Waals surface area contributed by atoms with Crippen molar-refractivity contribution in [2.45, 2.75) is 39.3 Å². The summed E-state index contributed by atoms with van der Waals surface area (Å²) in [4.78, 5) is 17.9. The van der Waals surface area contributed by atoms with Crippen LogP contribution >= 0.6 is 0 Å². The largest absolute Gasteiger partial charge is 0.450 e. The van der Waals surface area contributed by atoms with E-state index in [1.807, 2.05) is 13.8 Å². The van der Waals surface area contributed by atoms with Crippen LogP contribution in [0.1, 0.15) is 32.4 Å². The lowest BCUT2D eigenvalue weighted by Gasteiger charge is -2.32. The van der Waals surface area contributed by atoms with Crippen molar-refractivity contribution in [1.29, 1.82) is 0 Å². The van der Waals surface area contributed by atoms with Crippen molar-refractivity contribution in [3.63, 3.8) is 0 Å². The fourth-order valence-electron chi connectivity index (χ4n) is 2.41. The van der Waals surface area contributed by atoms with E-state index < -0.39 is 0 Å². The molecule has 8 heteroatoms. The van der Waals surface area contributed by atoms with Crippen molar-refractivity contribution in [2.75, 3.05) is 26.2 Å². The molecule has 0 aromatic carbocycles. The first kappa shape index (κ1) is 17.1. The Bertz CT molecular complexity index is 495. The fourth-order valence-corrected chi connectivity index (χ4v) is 2.41. The lowest BCUT2D eigenvalue weighted by molar-refractivity contribution is 0.0963. The van der Waals surface area contributed by atoms with Gasteiger partial charge in [-0.25, -0.2) is 9.79 Å². The zero-order chi connectivity index (χ0) is 16.5. The first-order valence-electron chi connectivity index (χ1n) is 8.08. The monoisotopic (exact) mass is 323 g/mol. The third-order valence-electron chi connectivity index (χ3n) is 3.60. The highest BCUT2D eigenvalue weighted by atomic mass is 16.6. The molecule has 0 unspecified atom stereocenters. The van der Waals surface area contributed by atoms with E-state index in [4.69, 9.17) is 9.26 Å². The Morgan fingerprint density at radius 1 is 1.48 bits per heavy atom. The number of guanidine groups is 1. The molecule has 0 spiro atoms. The van der Waals surface area contributed by atoms with Crippen molar-refractivity contribution in [1.82, 2.24) is 20.7 Å². The fraction of sp³-hybridized carbons (Fsp3) is 0.667. The number of nitrogens with zero attached hydrogens (tertiary/aromatic N) is 3. The van der Waals surface area contributed by atoms with Gasteiger partial charge < -0.3 is 24.8 Å². The number of aliphatic imine (C=N–C) groups is 1. The number of carbonyl (C=O) groups is 1. The van der Waals surface area contributed by atoms with Crippen molar-refractivity contribution in [3.8, 4) is 0 Å². The molecular weight excluding hydrogens is 298 g/mol. The van der Waals surface area contributed by atoms with Gasteiger partial charge in [0, 0.05) is 31.7 Å². The van der Waals surface area contributed by atoms with E-state index in [2.05, 4.69) is 20.8 Å². The number of amides is 1. The number of hydrogen-bond donors (Lipinski definition) is 2. The molecule has 0 saturated carbocycles. The van der Waals surface area contributed by atoms with Crippen molar-refractivity contribution >= 4 is 12.1 Å². The van der Waals surface area contributed by atoms with E-state index in [0.717, 1.165) is 31.0 Å². The average molecular weight is 323 g/mol. The molecule has 0 aliphatic carbocycles. The van der Waals surface area contributed by atoms with Gasteiger partial charge in [0.2, 0.25) is 0 Å². The minimum atomic E-state index is -0.224. The van der Waals surface area contributed by atoms with Crippen LogP contribution in [-0.4, -0.2) is 54.4 Å². The second kappa shape index (κ2) is 9.02. The molecule has 1 aromatic rings. The molecule has 2 N–H and O–H groups in total. The van der Waals surface area contributed by atoms with Crippen LogP contribution in [0.5, 0.6) is 0 Å². The van der Waals surface area contributed by atoms with Gasteiger partial charge in [-0.05, 0) is 26.7 Å². The molecule has 1 aliphatic heterocycles. The first-order chi connectivity index (χ1) is 11.2. The molecule has 0 bridgehead atoms. The molecule has 8 nitrogen and oxygen atoms in total. The molecule has 1 saturated heterocycles. The molecular formula is C15H25N5O3. The molecule has 2 rings (SSSR count). The van der Waals surface area contributed by atoms with E-state index in [9.17, 15) is 4.79 Å². The van der Waals surface area contributed by atoms with Gasteiger partial charge in [0.1, 0.15) is 12.0 Å². The number of rotatable bonds is 5. The highest BCUT2D eigenvalue weighted by Crippen LogP contribution is 2.11. The Balaban J connectivity index is 1.82. The minimum absolute atomic E-state index is 0.224. The van der Waals surface area contributed by atoms with Gasteiger partial charge in [0.05, 0.1) is 13.2 Å². The topological polar surface area (TPSA) is 92.0 Å². The van der Waals surface area contributed by atoms with Crippen molar-refractivity contribution in [2.24, 2.45) is 4.99 Å². The van der Waals surface area contributed by atoms with E-state index >= 15 is 0 Å². The third kappa shape index (κ3) is 5.46. The van der Waals surface area contributed by atoms with Crippen LogP contribution in [-0.2, 0) is 11.3 Å². The van der Waals surface area contributed by atoms with Crippen LogP contribution in [0, 0.1) is 0 Å². The normalized spacial score (nSPS) is 16.3. The van der Waals surface area contributed by atoms with Crippen LogP contribution in [0.3, 0.4) is 0 Å². The van der Waals surface area contributed by atoms with Crippen LogP contribution in [0.4, 0.5) is 4.79 Å². The maximum atomic E-state index is 11.7. The molecule has 1 aromatic heterocycles. The Labute approximate surface area is 136 Å². The zero-order valence-electron chi connectivity index (χ0n) is 13.7. The van der Waals surface area contributed by atoms with Crippen molar-refractivity contribution in [3.05, 3.63) is 18.0 Å². The second-order valence-electron chi connectivity index (χ2n) is 5.29. The van der Waals surface area contributed by atoms with Gasteiger partial charge in [-0.3, -0.25) is 0 Å². The van der Waals surface area contributed by atoms with Gasteiger partial charge in [0.25, 0.3) is 0 Å². The molecule has 128 valence electrons. The summed E-state index contributed by atoms with van der Waals surface area (Å²) in [6.07, 6.45) is 3.05. The van der Waals surface area contributed by atoms with Crippen LogP contribution in [0.25, 0.3) is 0 Å². The summed E-state index contributed by atoms with van der Waals surface area (Å²) in [6.45, 7) is 6.89.